The quantitative estimate of drug-likeness (QED) is 0.359. The zero-order chi connectivity index (χ0) is 18.2. The Bertz CT molecular complexity index is 1300. The van der Waals surface area contributed by atoms with Crippen molar-refractivity contribution in [2.45, 2.75) is 6.42 Å². The smallest absolute Gasteiger partial charge is 0.220 e. The van der Waals surface area contributed by atoms with Crippen LogP contribution in [0.4, 0.5) is 5.69 Å². The van der Waals surface area contributed by atoms with Gasteiger partial charge in [0.25, 0.3) is 0 Å². The van der Waals surface area contributed by atoms with Gasteiger partial charge in [-0.15, -0.1) is 0 Å². The maximum atomic E-state index is 6.19. The third-order valence-electron chi connectivity index (χ3n) is 4.42. The summed E-state index contributed by atoms with van der Waals surface area (Å²) in [6, 6.07) is 26.0. The minimum absolute atomic E-state index is 0.743. The second-order valence-corrected chi connectivity index (χ2v) is 7.77. The molecule has 0 aliphatic rings. The lowest BCUT2D eigenvalue weighted by atomic mass is 10.1. The number of hydrogen-bond donors (Lipinski definition) is 0. The molecule has 0 saturated heterocycles. The van der Waals surface area contributed by atoms with Gasteiger partial charge in [-0.05, 0) is 42.0 Å². The number of halogens is 1. The summed E-state index contributed by atoms with van der Waals surface area (Å²) in [6.07, 6.45) is 0.773. The van der Waals surface area contributed by atoms with Crippen LogP contribution in [0.1, 0.15) is 10.4 Å². The molecular weight excluding hydrogens is 376 g/mol. The average molecular weight is 391 g/mol. The average Bonchev–Trinajstić information content (AvgIpc) is 3.23. The summed E-state index contributed by atoms with van der Waals surface area (Å²) in [7, 11) is 0. The molecule has 0 radical (unpaired) electrons. The van der Waals surface area contributed by atoms with E-state index in [0.29, 0.717) is 0 Å². The number of fused-ring (bicyclic) bond motifs is 3. The normalized spacial score (nSPS) is 12.3. The highest BCUT2D eigenvalue weighted by atomic mass is 35.5. The number of thiazole rings is 1. The zero-order valence-corrected chi connectivity index (χ0v) is 15.9. The molecule has 5 heteroatoms. The summed E-state index contributed by atoms with van der Waals surface area (Å²) in [5, 5.41) is 0.743. The van der Waals surface area contributed by atoms with Crippen molar-refractivity contribution in [1.82, 2.24) is 4.40 Å². The number of para-hydroxylation sites is 3. The van der Waals surface area contributed by atoms with E-state index in [0.717, 1.165) is 43.6 Å². The van der Waals surface area contributed by atoms with Gasteiger partial charge in [-0.3, -0.25) is 4.40 Å². The first-order chi connectivity index (χ1) is 13.3. The van der Waals surface area contributed by atoms with Crippen molar-refractivity contribution >= 4 is 45.4 Å². The largest absolute Gasteiger partial charge is 0.437 e. The van der Waals surface area contributed by atoms with Crippen LogP contribution in [0.3, 0.4) is 0 Å². The van der Waals surface area contributed by atoms with Crippen molar-refractivity contribution in [3.8, 4) is 0 Å². The third kappa shape index (κ3) is 3.07. The van der Waals surface area contributed by atoms with E-state index in [4.69, 9.17) is 21.0 Å². The Hall–Kier alpha value is -2.82. The van der Waals surface area contributed by atoms with E-state index in [1.165, 1.54) is 5.56 Å². The minimum atomic E-state index is 0.743. The molecule has 3 nitrogen and oxygen atoms in total. The molecule has 0 aliphatic carbocycles. The van der Waals surface area contributed by atoms with E-state index in [9.17, 15) is 0 Å². The van der Waals surface area contributed by atoms with Crippen LogP contribution in [0.2, 0.25) is 5.02 Å². The van der Waals surface area contributed by atoms with Gasteiger partial charge in [-0.2, -0.15) is 0 Å². The van der Waals surface area contributed by atoms with Crippen LogP contribution in [0.25, 0.3) is 16.8 Å². The van der Waals surface area contributed by atoms with Crippen molar-refractivity contribution in [3.63, 3.8) is 0 Å². The van der Waals surface area contributed by atoms with E-state index >= 15 is 0 Å². The molecule has 0 bridgehead atoms. The van der Waals surface area contributed by atoms with Gasteiger partial charge >= 0.3 is 0 Å². The third-order valence-corrected chi connectivity index (χ3v) is 5.69. The molecule has 0 amide bonds. The van der Waals surface area contributed by atoms with Crippen molar-refractivity contribution in [2.24, 2.45) is 4.99 Å². The summed E-state index contributed by atoms with van der Waals surface area (Å²) in [6.45, 7) is 0. The molecule has 0 spiro atoms. The molecule has 0 fully saturated rings. The molecule has 0 atom stereocenters. The molecule has 132 valence electrons. The Balaban J connectivity index is 1.74. The first kappa shape index (κ1) is 16.4. The van der Waals surface area contributed by atoms with E-state index in [2.05, 4.69) is 22.6 Å². The van der Waals surface area contributed by atoms with Crippen LogP contribution >= 0.6 is 22.9 Å². The molecular formula is C22H15ClN2OS. The van der Waals surface area contributed by atoms with Gasteiger partial charge in [0, 0.05) is 11.4 Å². The molecule has 2 aromatic heterocycles. The van der Waals surface area contributed by atoms with Crippen molar-refractivity contribution < 1.29 is 4.42 Å². The second-order valence-electron chi connectivity index (χ2n) is 6.27. The molecule has 0 N–H and O–H groups in total. The van der Waals surface area contributed by atoms with Crippen molar-refractivity contribution in [3.05, 3.63) is 99.1 Å². The van der Waals surface area contributed by atoms with Crippen LogP contribution in [0.15, 0.2) is 88.3 Å². The fourth-order valence-electron chi connectivity index (χ4n) is 3.14. The fraction of sp³-hybridized carbons (Fsp3) is 0.0455. The van der Waals surface area contributed by atoms with Gasteiger partial charge in [-0.1, -0.05) is 65.4 Å². The predicted molar refractivity (Wildman–Crippen MR) is 111 cm³/mol. The van der Waals surface area contributed by atoms with Crippen LogP contribution < -0.4 is 4.80 Å². The van der Waals surface area contributed by atoms with Gasteiger partial charge in [0.2, 0.25) is 5.71 Å². The minimum Gasteiger partial charge on any atom is -0.437 e. The lowest BCUT2D eigenvalue weighted by Crippen LogP contribution is -2.04. The molecule has 5 rings (SSSR count). The summed E-state index contributed by atoms with van der Waals surface area (Å²) in [5.41, 5.74) is 4.86. The van der Waals surface area contributed by atoms with E-state index < -0.39 is 0 Å². The Morgan fingerprint density at radius 3 is 2.44 bits per heavy atom. The van der Waals surface area contributed by atoms with E-state index in [1.807, 2.05) is 60.7 Å². The highest BCUT2D eigenvalue weighted by molar-refractivity contribution is 7.09. The molecule has 0 aliphatic heterocycles. The lowest BCUT2D eigenvalue weighted by molar-refractivity contribution is 0.651. The lowest BCUT2D eigenvalue weighted by Gasteiger charge is -1.98. The summed E-state index contributed by atoms with van der Waals surface area (Å²) in [5.74, 6) is 0. The van der Waals surface area contributed by atoms with E-state index in [-0.39, 0.29) is 0 Å². The Labute approximate surface area is 164 Å². The summed E-state index contributed by atoms with van der Waals surface area (Å²) >= 11 is 7.68. The van der Waals surface area contributed by atoms with Crippen LogP contribution in [0, 0.1) is 0 Å². The molecule has 5 aromatic rings. The molecule has 27 heavy (non-hydrogen) atoms. The Morgan fingerprint density at radius 2 is 1.63 bits per heavy atom. The highest BCUT2D eigenvalue weighted by Crippen LogP contribution is 2.27. The van der Waals surface area contributed by atoms with Gasteiger partial charge in [0.1, 0.15) is 0 Å². The first-order valence-electron chi connectivity index (χ1n) is 8.64. The van der Waals surface area contributed by atoms with Gasteiger partial charge in [-0.25, -0.2) is 4.99 Å². The molecule has 3 aromatic carbocycles. The van der Waals surface area contributed by atoms with Gasteiger partial charge in [0.15, 0.2) is 10.4 Å². The topological polar surface area (TPSA) is 29.9 Å². The maximum Gasteiger partial charge on any atom is 0.220 e. The number of hydrogen-bond acceptors (Lipinski definition) is 3. The summed E-state index contributed by atoms with van der Waals surface area (Å²) in [4.78, 5) is 6.92. The fourth-order valence-corrected chi connectivity index (χ4v) is 4.37. The van der Waals surface area contributed by atoms with Gasteiger partial charge < -0.3 is 4.42 Å². The number of rotatable bonds is 3. The predicted octanol–water partition coefficient (Wildman–Crippen LogP) is 6.22. The highest BCUT2D eigenvalue weighted by Gasteiger charge is 2.15. The molecule has 0 saturated carbocycles. The van der Waals surface area contributed by atoms with Gasteiger partial charge in [0.05, 0.1) is 16.1 Å². The second kappa shape index (κ2) is 6.72. The summed E-state index contributed by atoms with van der Waals surface area (Å²) < 4.78 is 8.29. The first-order valence-corrected chi connectivity index (χ1v) is 9.83. The maximum absolute atomic E-state index is 6.19. The Morgan fingerprint density at radius 1 is 0.889 bits per heavy atom. The Kier molecular flexibility index (Phi) is 4.07. The van der Waals surface area contributed by atoms with Crippen LogP contribution in [0.5, 0.6) is 0 Å². The van der Waals surface area contributed by atoms with Crippen molar-refractivity contribution in [1.29, 1.82) is 0 Å². The van der Waals surface area contributed by atoms with Crippen LogP contribution in [-0.4, -0.2) is 4.40 Å². The number of benzene rings is 3. The zero-order valence-electron chi connectivity index (χ0n) is 14.3. The number of aromatic nitrogens is 1. The number of oxazole rings is 1. The van der Waals surface area contributed by atoms with Crippen LogP contribution in [-0.2, 0) is 6.42 Å². The monoisotopic (exact) mass is 390 g/mol. The molecule has 0 unspecified atom stereocenters. The SMILES string of the molecule is Clc1ccc(Cc2sc(=Nc3ccccc3)n3c2oc2ccccc23)cc1. The number of nitrogens with zero attached hydrogens (tertiary/aromatic N) is 2. The molecule has 2 heterocycles. The van der Waals surface area contributed by atoms with E-state index in [1.54, 1.807) is 11.3 Å². The standard InChI is InChI=1S/C22H15ClN2OS/c23-16-12-10-15(11-13-16)14-20-21-25(18-8-4-5-9-19(18)26-21)22(27-20)24-17-6-2-1-3-7-17/h1-13H,14H2. The van der Waals surface area contributed by atoms with Crippen molar-refractivity contribution in [2.75, 3.05) is 0 Å².